The van der Waals surface area contributed by atoms with Crippen molar-refractivity contribution in [3.63, 3.8) is 0 Å². The number of hydrogen-bond donors (Lipinski definition) is 0. The lowest BCUT2D eigenvalue weighted by molar-refractivity contribution is 1.18. The van der Waals surface area contributed by atoms with Gasteiger partial charge in [0.1, 0.15) is 0 Å². The SMILES string of the molecule is C=Cc1c2c(=C)c3cccc4c3c(cc3c4c4ccccc4n3-c3ccccc3)c2cc2c1c1ccccc1n2-c1ccccc1. The third-order valence-corrected chi connectivity index (χ3v) is 9.95. The van der Waals surface area contributed by atoms with Crippen LogP contribution in [0.15, 0.2) is 146 Å². The molecule has 10 rings (SSSR count). The molecule has 46 heavy (non-hydrogen) atoms. The zero-order valence-corrected chi connectivity index (χ0v) is 25.2. The lowest BCUT2D eigenvalue weighted by Gasteiger charge is -2.16. The molecule has 0 saturated carbocycles. The van der Waals surface area contributed by atoms with Gasteiger partial charge < -0.3 is 9.13 Å². The minimum Gasteiger partial charge on any atom is -0.309 e. The Hall–Kier alpha value is -6.12. The minimum atomic E-state index is 1.05. The summed E-state index contributed by atoms with van der Waals surface area (Å²) in [5.74, 6) is 0. The largest absolute Gasteiger partial charge is 0.309 e. The van der Waals surface area contributed by atoms with Gasteiger partial charge in [-0.05, 0) is 91.6 Å². The van der Waals surface area contributed by atoms with Crippen LogP contribution in [0.5, 0.6) is 0 Å². The van der Waals surface area contributed by atoms with Crippen molar-refractivity contribution in [1.29, 1.82) is 0 Å². The number of nitrogens with zero attached hydrogens (tertiary/aromatic N) is 2. The average Bonchev–Trinajstić information content (AvgIpc) is 3.63. The second-order valence-electron chi connectivity index (χ2n) is 12.2. The van der Waals surface area contributed by atoms with Gasteiger partial charge in [0.15, 0.2) is 0 Å². The van der Waals surface area contributed by atoms with Gasteiger partial charge in [0.2, 0.25) is 0 Å². The van der Waals surface area contributed by atoms with E-state index < -0.39 is 0 Å². The Morgan fingerprint density at radius 1 is 0.391 bits per heavy atom. The third-order valence-electron chi connectivity index (χ3n) is 9.95. The number of aromatic nitrogens is 2. The van der Waals surface area contributed by atoms with Crippen LogP contribution >= 0.6 is 0 Å². The van der Waals surface area contributed by atoms with Crippen LogP contribution in [0.3, 0.4) is 0 Å². The van der Waals surface area contributed by atoms with Crippen molar-refractivity contribution in [2.45, 2.75) is 0 Å². The zero-order chi connectivity index (χ0) is 30.5. The van der Waals surface area contributed by atoms with Gasteiger partial charge in [-0.15, -0.1) is 0 Å². The molecule has 0 saturated heterocycles. The van der Waals surface area contributed by atoms with Gasteiger partial charge in [-0.25, -0.2) is 0 Å². The minimum absolute atomic E-state index is 1.05. The molecule has 0 spiro atoms. The van der Waals surface area contributed by atoms with Gasteiger partial charge in [-0.1, -0.05) is 110 Å². The van der Waals surface area contributed by atoms with Crippen LogP contribution in [-0.2, 0) is 0 Å². The highest BCUT2D eigenvalue weighted by Gasteiger charge is 2.22. The molecule has 10 aromatic rings. The highest BCUT2D eigenvalue weighted by molar-refractivity contribution is 6.34. The summed E-state index contributed by atoms with van der Waals surface area (Å²) in [5.41, 5.74) is 8.19. The molecule has 2 aromatic heterocycles. The molecule has 0 aliphatic rings. The summed E-state index contributed by atoms with van der Waals surface area (Å²) in [5, 5.41) is 13.3. The van der Waals surface area contributed by atoms with Crippen molar-refractivity contribution in [1.82, 2.24) is 9.13 Å². The molecule has 2 nitrogen and oxygen atoms in total. The van der Waals surface area contributed by atoms with Gasteiger partial charge in [0.25, 0.3) is 0 Å². The lowest BCUT2D eigenvalue weighted by atomic mass is 9.88. The van der Waals surface area contributed by atoms with E-state index in [1.807, 2.05) is 6.08 Å². The molecule has 0 bridgehead atoms. The Morgan fingerprint density at radius 3 is 1.48 bits per heavy atom. The maximum absolute atomic E-state index is 4.78. The summed E-state index contributed by atoms with van der Waals surface area (Å²) in [6, 6.07) is 50.5. The van der Waals surface area contributed by atoms with Crippen LogP contribution in [-0.4, -0.2) is 9.13 Å². The Balaban J connectivity index is 1.50. The van der Waals surface area contributed by atoms with Gasteiger partial charge in [-0.2, -0.15) is 0 Å². The molecule has 0 radical (unpaired) electrons. The predicted molar refractivity (Wildman–Crippen MR) is 198 cm³/mol. The maximum Gasteiger partial charge on any atom is 0.0553 e. The van der Waals surface area contributed by atoms with Crippen molar-refractivity contribution in [3.05, 3.63) is 157 Å². The summed E-state index contributed by atoms with van der Waals surface area (Å²) in [6.07, 6.45) is 2.04. The van der Waals surface area contributed by atoms with Crippen LogP contribution in [0.4, 0.5) is 0 Å². The number of fused-ring (bicyclic) bond motifs is 9. The van der Waals surface area contributed by atoms with Crippen molar-refractivity contribution in [2.24, 2.45) is 0 Å². The normalized spacial score (nSPS) is 12.1. The average molecular weight is 585 g/mol. The quantitative estimate of drug-likeness (QED) is 0.144. The Bertz CT molecular complexity index is 2920. The van der Waals surface area contributed by atoms with Crippen molar-refractivity contribution in [2.75, 3.05) is 0 Å². The second kappa shape index (κ2) is 9.20. The van der Waals surface area contributed by atoms with Crippen molar-refractivity contribution < 1.29 is 0 Å². The smallest absolute Gasteiger partial charge is 0.0553 e. The second-order valence-corrected chi connectivity index (χ2v) is 12.2. The first kappa shape index (κ1) is 25.2. The Labute approximate surface area is 265 Å². The van der Waals surface area contributed by atoms with E-state index in [-0.39, 0.29) is 0 Å². The lowest BCUT2D eigenvalue weighted by Crippen LogP contribution is -2.06. The van der Waals surface area contributed by atoms with Crippen LogP contribution in [0.2, 0.25) is 0 Å². The third kappa shape index (κ3) is 3.15. The summed E-state index contributed by atoms with van der Waals surface area (Å²) < 4.78 is 4.82. The molecule has 0 atom stereocenters. The van der Waals surface area contributed by atoms with Gasteiger partial charge in [0, 0.05) is 32.9 Å². The van der Waals surface area contributed by atoms with Crippen molar-refractivity contribution >= 4 is 88.6 Å². The van der Waals surface area contributed by atoms with Crippen LogP contribution < -0.4 is 5.22 Å². The van der Waals surface area contributed by atoms with Crippen LogP contribution in [0, 0.1) is 0 Å². The Morgan fingerprint density at radius 2 is 0.870 bits per heavy atom. The molecule has 8 aromatic carbocycles. The molecule has 0 aliphatic heterocycles. The molecule has 2 heterocycles. The monoisotopic (exact) mass is 584 g/mol. The van der Waals surface area contributed by atoms with Crippen molar-refractivity contribution in [3.8, 4) is 11.4 Å². The van der Waals surface area contributed by atoms with E-state index in [0.29, 0.717) is 0 Å². The van der Waals surface area contributed by atoms with E-state index in [9.17, 15) is 0 Å². The Kier molecular flexibility index (Phi) is 5.05. The zero-order valence-electron chi connectivity index (χ0n) is 25.2. The summed E-state index contributed by atoms with van der Waals surface area (Å²) in [7, 11) is 0. The van der Waals surface area contributed by atoms with E-state index in [4.69, 9.17) is 6.58 Å². The molecule has 2 heteroatoms. The molecule has 0 fully saturated rings. The first-order valence-corrected chi connectivity index (χ1v) is 15.8. The van der Waals surface area contributed by atoms with Gasteiger partial charge >= 0.3 is 0 Å². The maximum atomic E-state index is 4.78. The molecule has 0 N–H and O–H groups in total. The number of rotatable bonds is 3. The fourth-order valence-corrected chi connectivity index (χ4v) is 8.15. The van der Waals surface area contributed by atoms with Gasteiger partial charge in [-0.3, -0.25) is 0 Å². The van der Waals surface area contributed by atoms with Crippen LogP contribution in [0.1, 0.15) is 5.56 Å². The summed E-state index contributed by atoms with van der Waals surface area (Å²) in [6.45, 7) is 9.17. The van der Waals surface area contributed by atoms with E-state index in [1.54, 1.807) is 0 Å². The van der Waals surface area contributed by atoms with E-state index in [1.165, 1.54) is 75.9 Å². The topological polar surface area (TPSA) is 9.86 Å². The van der Waals surface area contributed by atoms with Crippen LogP contribution in [0.25, 0.3) is 100.0 Å². The van der Waals surface area contributed by atoms with E-state index in [0.717, 1.165) is 22.2 Å². The number of benzene rings is 8. The molecule has 0 aliphatic carbocycles. The number of hydrogen-bond acceptors (Lipinski definition) is 0. The van der Waals surface area contributed by atoms with E-state index >= 15 is 0 Å². The molecule has 214 valence electrons. The standard InChI is InChI=1S/C44H28N2/c1-3-30-41-27(2)31-21-14-22-34-42(31)36(26-40-44(34)33-20-11-13-24-38(33)46(40)29-17-8-5-9-18-29)35(41)25-39-43(30)32-19-10-12-23-37(32)45(39)28-15-6-4-7-16-28/h3-26H,1-2H2. The fourth-order valence-electron chi connectivity index (χ4n) is 8.15. The van der Waals surface area contributed by atoms with Gasteiger partial charge in [0.05, 0.1) is 22.1 Å². The highest BCUT2D eigenvalue weighted by Crippen LogP contribution is 2.45. The summed E-state index contributed by atoms with van der Waals surface area (Å²) in [4.78, 5) is 0. The first-order chi connectivity index (χ1) is 22.7. The first-order valence-electron chi connectivity index (χ1n) is 15.8. The predicted octanol–water partition coefficient (Wildman–Crippen LogP) is 11.1. The molecular weight excluding hydrogens is 556 g/mol. The fraction of sp³-hybridized carbons (Fsp3) is 0. The molecular formula is C44H28N2. The van der Waals surface area contributed by atoms with E-state index in [2.05, 4.69) is 155 Å². The summed E-state index contributed by atoms with van der Waals surface area (Å²) >= 11 is 0. The number of para-hydroxylation sites is 4. The highest BCUT2D eigenvalue weighted by atomic mass is 15.0. The molecule has 0 unspecified atom stereocenters. The molecule has 0 amide bonds.